The highest BCUT2D eigenvalue weighted by atomic mass is 35.5. The molecule has 0 aliphatic heterocycles. The Labute approximate surface area is 125 Å². The molecule has 0 fully saturated rings. The molecule has 2 nitrogen and oxygen atoms in total. The molecule has 2 aromatic heterocycles. The number of hydrogen-bond donors (Lipinski definition) is 0. The van der Waals surface area contributed by atoms with Crippen LogP contribution in [0.25, 0.3) is 11.0 Å². The molecule has 0 amide bonds. The number of rotatable bonds is 3. The van der Waals surface area contributed by atoms with Crippen LogP contribution in [0.3, 0.4) is 0 Å². The summed E-state index contributed by atoms with van der Waals surface area (Å²) in [5, 5.41) is 2.78. The van der Waals surface area contributed by atoms with E-state index in [-0.39, 0.29) is 6.04 Å². The van der Waals surface area contributed by atoms with Gasteiger partial charge in [-0.3, -0.25) is 0 Å². The maximum absolute atomic E-state index is 6.04. The Kier molecular flexibility index (Phi) is 3.52. The van der Waals surface area contributed by atoms with Crippen molar-refractivity contribution in [3.63, 3.8) is 0 Å². The lowest BCUT2D eigenvalue weighted by Gasteiger charge is -2.15. The average Bonchev–Trinajstić information content (AvgIpc) is 3.04. The van der Waals surface area contributed by atoms with Crippen LogP contribution in [0, 0.1) is 0 Å². The van der Waals surface area contributed by atoms with E-state index in [1.54, 1.807) is 11.3 Å². The second kappa shape index (κ2) is 5.16. The highest BCUT2D eigenvalue weighted by Gasteiger charge is 2.17. The normalized spacial score (nSPS) is 13.0. The molecule has 1 atom stereocenters. The van der Waals surface area contributed by atoms with Crippen LogP contribution in [0.15, 0.2) is 35.7 Å². The number of nitrogens with zero attached hydrogens (tertiary/aromatic N) is 2. The van der Waals surface area contributed by atoms with Crippen LogP contribution in [-0.4, -0.2) is 9.55 Å². The van der Waals surface area contributed by atoms with Crippen molar-refractivity contribution in [2.45, 2.75) is 18.8 Å². The van der Waals surface area contributed by atoms with Crippen molar-refractivity contribution >= 4 is 45.6 Å². The predicted octanol–water partition coefficient (Wildman–Crippen LogP) is 5.10. The quantitative estimate of drug-likeness (QED) is 0.615. The number of fused-ring (bicyclic) bond motifs is 1. The summed E-state index contributed by atoms with van der Waals surface area (Å²) in [5.41, 5.74) is 1.97. The van der Waals surface area contributed by atoms with E-state index in [9.17, 15) is 0 Å². The third-order valence-electron chi connectivity index (χ3n) is 3.19. The molecule has 0 saturated carbocycles. The molecule has 0 bridgehead atoms. The van der Waals surface area contributed by atoms with Gasteiger partial charge in [0, 0.05) is 9.90 Å². The highest BCUT2D eigenvalue weighted by Crippen LogP contribution is 2.30. The lowest BCUT2D eigenvalue weighted by atomic mass is 10.2. The first-order valence-electron chi connectivity index (χ1n) is 5.96. The molecule has 0 saturated heterocycles. The van der Waals surface area contributed by atoms with Crippen molar-refractivity contribution in [1.82, 2.24) is 9.55 Å². The molecule has 98 valence electrons. The van der Waals surface area contributed by atoms with Crippen molar-refractivity contribution in [2.75, 3.05) is 0 Å². The van der Waals surface area contributed by atoms with Crippen LogP contribution in [-0.2, 0) is 5.88 Å². The molecular weight excluding hydrogens is 299 g/mol. The van der Waals surface area contributed by atoms with Crippen LogP contribution in [0.4, 0.5) is 0 Å². The third kappa shape index (κ3) is 2.27. The van der Waals surface area contributed by atoms with Gasteiger partial charge in [0.25, 0.3) is 0 Å². The van der Waals surface area contributed by atoms with Crippen LogP contribution < -0.4 is 0 Å². The summed E-state index contributed by atoms with van der Waals surface area (Å²) in [6.07, 6.45) is 0. The highest BCUT2D eigenvalue weighted by molar-refractivity contribution is 7.10. The van der Waals surface area contributed by atoms with Crippen LogP contribution in [0.5, 0.6) is 0 Å². The topological polar surface area (TPSA) is 17.8 Å². The summed E-state index contributed by atoms with van der Waals surface area (Å²) in [6, 6.07) is 10.2. The maximum Gasteiger partial charge on any atom is 0.125 e. The molecule has 19 heavy (non-hydrogen) atoms. The molecule has 0 aliphatic carbocycles. The van der Waals surface area contributed by atoms with Gasteiger partial charge in [0.2, 0.25) is 0 Å². The summed E-state index contributed by atoms with van der Waals surface area (Å²) < 4.78 is 2.19. The molecule has 0 N–H and O–H groups in total. The first-order chi connectivity index (χ1) is 9.20. The zero-order chi connectivity index (χ0) is 13.4. The van der Waals surface area contributed by atoms with E-state index in [1.807, 2.05) is 18.2 Å². The molecule has 0 spiro atoms. The van der Waals surface area contributed by atoms with Crippen LogP contribution in [0.2, 0.25) is 5.02 Å². The Hall–Kier alpha value is -1.03. The summed E-state index contributed by atoms with van der Waals surface area (Å²) in [6.45, 7) is 2.16. The Bertz CT molecular complexity index is 704. The van der Waals surface area contributed by atoms with Gasteiger partial charge in [-0.25, -0.2) is 4.98 Å². The summed E-state index contributed by atoms with van der Waals surface area (Å²) in [7, 11) is 0. The Morgan fingerprint density at radius 1 is 1.37 bits per heavy atom. The molecule has 1 aromatic carbocycles. The first-order valence-corrected chi connectivity index (χ1v) is 7.75. The van der Waals surface area contributed by atoms with Gasteiger partial charge in [0.15, 0.2) is 0 Å². The SMILES string of the molecule is CC(c1cccs1)n1c(CCl)nc2cc(Cl)ccc21. The number of benzene rings is 1. The third-order valence-corrected chi connectivity index (χ3v) is 4.70. The molecule has 5 heteroatoms. The zero-order valence-electron chi connectivity index (χ0n) is 10.3. The standard InChI is InChI=1S/C14H12Cl2N2S/c1-9(13-3-2-6-19-13)18-12-5-4-10(16)7-11(12)17-14(18)8-15/h2-7,9H,8H2,1H3. The monoisotopic (exact) mass is 310 g/mol. The Morgan fingerprint density at radius 2 is 2.21 bits per heavy atom. The van der Waals surface area contributed by atoms with Crippen molar-refractivity contribution in [2.24, 2.45) is 0 Å². The van der Waals surface area contributed by atoms with E-state index in [0.717, 1.165) is 16.9 Å². The van der Waals surface area contributed by atoms with E-state index in [4.69, 9.17) is 23.2 Å². The first kappa shape index (κ1) is 13.0. The molecule has 0 radical (unpaired) electrons. The largest absolute Gasteiger partial charge is 0.319 e. The van der Waals surface area contributed by atoms with E-state index >= 15 is 0 Å². The molecule has 1 unspecified atom stereocenters. The maximum atomic E-state index is 6.04. The van der Waals surface area contributed by atoms with Crippen molar-refractivity contribution in [1.29, 1.82) is 0 Å². The molecule has 3 aromatic rings. The van der Waals surface area contributed by atoms with Gasteiger partial charge in [-0.05, 0) is 36.6 Å². The fourth-order valence-corrected chi connectivity index (χ4v) is 3.43. The van der Waals surface area contributed by atoms with Crippen molar-refractivity contribution < 1.29 is 0 Å². The number of halogens is 2. The summed E-state index contributed by atoms with van der Waals surface area (Å²) in [5.74, 6) is 1.27. The van der Waals surface area contributed by atoms with E-state index < -0.39 is 0 Å². The van der Waals surface area contributed by atoms with E-state index in [1.165, 1.54) is 4.88 Å². The summed E-state index contributed by atoms with van der Waals surface area (Å²) >= 11 is 13.8. The number of alkyl halides is 1. The zero-order valence-corrected chi connectivity index (χ0v) is 12.6. The minimum absolute atomic E-state index is 0.222. The van der Waals surface area contributed by atoms with Gasteiger partial charge in [0.05, 0.1) is 23.0 Å². The van der Waals surface area contributed by atoms with Gasteiger partial charge in [-0.15, -0.1) is 22.9 Å². The van der Waals surface area contributed by atoms with Crippen molar-refractivity contribution in [3.8, 4) is 0 Å². The smallest absolute Gasteiger partial charge is 0.125 e. The average molecular weight is 311 g/mol. The minimum Gasteiger partial charge on any atom is -0.319 e. The van der Waals surface area contributed by atoms with Gasteiger partial charge in [-0.2, -0.15) is 0 Å². The minimum atomic E-state index is 0.222. The van der Waals surface area contributed by atoms with Crippen LogP contribution >= 0.6 is 34.5 Å². The number of hydrogen-bond acceptors (Lipinski definition) is 2. The molecule has 3 rings (SSSR count). The molecule has 0 aliphatic rings. The molecule has 2 heterocycles. The Morgan fingerprint density at radius 3 is 2.89 bits per heavy atom. The predicted molar refractivity (Wildman–Crippen MR) is 82.4 cm³/mol. The van der Waals surface area contributed by atoms with Gasteiger partial charge in [0.1, 0.15) is 5.82 Å². The lowest BCUT2D eigenvalue weighted by Crippen LogP contribution is -2.08. The van der Waals surface area contributed by atoms with E-state index in [0.29, 0.717) is 10.9 Å². The van der Waals surface area contributed by atoms with Gasteiger partial charge in [-0.1, -0.05) is 17.7 Å². The van der Waals surface area contributed by atoms with Crippen molar-refractivity contribution in [3.05, 3.63) is 51.4 Å². The number of thiophene rings is 1. The summed E-state index contributed by atoms with van der Waals surface area (Å²) in [4.78, 5) is 5.87. The Balaban J connectivity index is 2.21. The number of aromatic nitrogens is 2. The van der Waals surface area contributed by atoms with Gasteiger partial charge < -0.3 is 4.57 Å². The second-order valence-corrected chi connectivity index (χ2v) is 6.04. The molecular formula is C14H12Cl2N2S. The fourth-order valence-electron chi connectivity index (χ4n) is 2.30. The second-order valence-electron chi connectivity index (χ2n) is 4.36. The van der Waals surface area contributed by atoms with Gasteiger partial charge >= 0.3 is 0 Å². The van der Waals surface area contributed by atoms with E-state index in [2.05, 4.69) is 34.0 Å². The van der Waals surface area contributed by atoms with Crippen LogP contribution in [0.1, 0.15) is 23.7 Å². The fraction of sp³-hybridized carbons (Fsp3) is 0.214. The number of imidazole rings is 1. The lowest BCUT2D eigenvalue weighted by molar-refractivity contribution is 0.644.